The Labute approximate surface area is 68.5 Å². The van der Waals surface area contributed by atoms with E-state index in [0.717, 1.165) is 0 Å². The summed E-state index contributed by atoms with van der Waals surface area (Å²) in [6, 6.07) is 0. The topological polar surface area (TPSA) is 0 Å². The Hall–Kier alpha value is -0.550. The fourth-order valence-corrected chi connectivity index (χ4v) is 0.247. The van der Waals surface area contributed by atoms with E-state index in [-0.39, 0.29) is 21.8 Å². The molecule has 0 N–H and O–H groups in total. The molecular weight excluding hydrogens is 184 g/mol. The number of rotatable bonds is 2. The zero-order chi connectivity index (χ0) is 8.58. The molecule has 12 heavy (non-hydrogen) atoms. The maximum atomic E-state index is 11.3. The van der Waals surface area contributed by atoms with Crippen molar-refractivity contribution in [3.8, 4) is 0 Å². The molecular formula is C4H10B2F6. The van der Waals surface area contributed by atoms with Crippen molar-refractivity contribution in [2.45, 2.75) is 12.6 Å². The average molecular weight is 194 g/mol. The first-order chi connectivity index (χ1) is 4.15. The van der Waals surface area contributed by atoms with E-state index in [0.29, 0.717) is 0 Å². The van der Waals surface area contributed by atoms with Crippen LogP contribution in [0.3, 0.4) is 0 Å². The van der Waals surface area contributed by atoms with Gasteiger partial charge in [-0.15, -0.1) is 12.6 Å². The smallest absolute Gasteiger partial charge is 0.450 e. The fraction of sp³-hybridized carbons (Fsp3) is 0.500. The van der Waals surface area contributed by atoms with Gasteiger partial charge in [-0.25, -0.2) is 0 Å². The van der Waals surface area contributed by atoms with E-state index in [1.807, 2.05) is 0 Å². The SMILES string of the molecule is CC([B-](F)(F)F)[B-](F)(F)F.[CH3+].[CH3+]. The van der Waals surface area contributed by atoms with Gasteiger partial charge in [0, 0.05) is 14.9 Å². The third-order valence-corrected chi connectivity index (χ3v) is 1.19. The van der Waals surface area contributed by atoms with Crippen molar-refractivity contribution in [3.05, 3.63) is 14.9 Å². The van der Waals surface area contributed by atoms with Crippen molar-refractivity contribution in [2.24, 2.45) is 0 Å². The summed E-state index contributed by atoms with van der Waals surface area (Å²) in [5, 5.41) is 0. The highest BCUT2D eigenvalue weighted by Crippen LogP contribution is 2.36. The van der Waals surface area contributed by atoms with Crippen LogP contribution < -0.4 is 0 Å². The van der Waals surface area contributed by atoms with Crippen molar-refractivity contribution in [2.75, 3.05) is 0 Å². The summed E-state index contributed by atoms with van der Waals surface area (Å²) in [5.41, 5.74) is -3.11. The van der Waals surface area contributed by atoms with Crippen molar-refractivity contribution in [1.82, 2.24) is 0 Å². The molecule has 0 heterocycles. The molecule has 8 heteroatoms. The molecule has 0 aliphatic rings. The first-order valence-electron chi connectivity index (χ1n) is 2.55. The summed E-state index contributed by atoms with van der Waals surface area (Å²) in [5.74, 6) is 0. The lowest BCUT2D eigenvalue weighted by Gasteiger charge is -2.31. The molecule has 0 aromatic rings. The summed E-state index contributed by atoms with van der Waals surface area (Å²) < 4.78 is 67.8. The molecule has 0 fully saturated rings. The summed E-state index contributed by atoms with van der Waals surface area (Å²) in [6.07, 6.45) is 0. The Morgan fingerprint density at radius 2 is 0.917 bits per heavy atom. The van der Waals surface area contributed by atoms with Crippen LogP contribution in [0.25, 0.3) is 0 Å². The van der Waals surface area contributed by atoms with Crippen LogP contribution in [0.2, 0.25) is 5.72 Å². The van der Waals surface area contributed by atoms with Crippen LogP contribution >= 0.6 is 0 Å². The van der Waals surface area contributed by atoms with Gasteiger partial charge in [0.2, 0.25) is 0 Å². The van der Waals surface area contributed by atoms with E-state index in [4.69, 9.17) is 0 Å². The molecule has 0 amide bonds. The fourth-order valence-electron chi connectivity index (χ4n) is 0.247. The van der Waals surface area contributed by atoms with Crippen LogP contribution in [0.1, 0.15) is 6.92 Å². The minimum atomic E-state index is -5.76. The monoisotopic (exact) mass is 194 g/mol. The molecule has 0 rings (SSSR count). The minimum absolute atomic E-state index is 0. The van der Waals surface area contributed by atoms with Gasteiger partial charge < -0.3 is 25.9 Å². The number of hydrogen-bond acceptors (Lipinski definition) is 0. The third kappa shape index (κ3) is 5.15. The molecule has 0 aliphatic carbocycles. The zero-order valence-electron chi connectivity index (χ0n) is 7.00. The van der Waals surface area contributed by atoms with Gasteiger partial charge >= 0.3 is 14.0 Å². The maximum Gasteiger partial charge on any atom is 0.455 e. The van der Waals surface area contributed by atoms with Crippen LogP contribution in [0.15, 0.2) is 0 Å². The van der Waals surface area contributed by atoms with Crippen molar-refractivity contribution < 1.29 is 25.9 Å². The lowest BCUT2D eigenvalue weighted by Crippen LogP contribution is -2.37. The Morgan fingerprint density at radius 3 is 0.917 bits per heavy atom. The van der Waals surface area contributed by atoms with Crippen LogP contribution in [0, 0.1) is 14.9 Å². The summed E-state index contributed by atoms with van der Waals surface area (Å²) >= 11 is 0. The Balaban J connectivity index is -0.000000405. The van der Waals surface area contributed by atoms with E-state index in [2.05, 4.69) is 0 Å². The molecule has 0 aliphatic heterocycles. The largest absolute Gasteiger partial charge is 0.455 e. The summed E-state index contributed by atoms with van der Waals surface area (Å²) in [7, 11) is 0. The van der Waals surface area contributed by atoms with E-state index in [1.165, 1.54) is 0 Å². The second-order valence-corrected chi connectivity index (χ2v) is 2.11. The third-order valence-electron chi connectivity index (χ3n) is 1.19. The molecule has 74 valence electrons. The van der Waals surface area contributed by atoms with Crippen LogP contribution in [0.5, 0.6) is 0 Å². The molecule has 0 unspecified atom stereocenters. The Bertz CT molecular complexity index is 102. The minimum Gasteiger partial charge on any atom is -0.450 e. The quantitative estimate of drug-likeness (QED) is 0.358. The van der Waals surface area contributed by atoms with Crippen LogP contribution in [-0.2, 0) is 0 Å². The van der Waals surface area contributed by atoms with Gasteiger partial charge in [0.15, 0.2) is 0 Å². The van der Waals surface area contributed by atoms with Crippen molar-refractivity contribution in [3.63, 3.8) is 0 Å². The van der Waals surface area contributed by atoms with Crippen molar-refractivity contribution >= 4 is 14.0 Å². The normalized spacial score (nSPS) is 12.0. The van der Waals surface area contributed by atoms with Gasteiger partial charge in [-0.1, -0.05) is 0 Å². The molecule has 0 saturated carbocycles. The maximum absolute atomic E-state index is 11.3. The molecule has 0 saturated heterocycles. The highest BCUT2D eigenvalue weighted by molar-refractivity contribution is 6.80. The van der Waals surface area contributed by atoms with Crippen LogP contribution in [-0.4, -0.2) is 14.0 Å². The van der Waals surface area contributed by atoms with Crippen molar-refractivity contribution in [1.29, 1.82) is 0 Å². The highest BCUT2D eigenvalue weighted by atomic mass is 19.4. The molecule has 0 aromatic carbocycles. The summed E-state index contributed by atoms with van der Waals surface area (Å²) in [6.45, 7) is -11.4. The second kappa shape index (κ2) is 4.47. The zero-order valence-corrected chi connectivity index (χ0v) is 7.00. The lowest BCUT2D eigenvalue weighted by molar-refractivity contribution is 0.406. The van der Waals surface area contributed by atoms with Gasteiger partial charge in [0.05, 0.1) is 0 Å². The van der Waals surface area contributed by atoms with E-state index in [9.17, 15) is 25.9 Å². The lowest BCUT2D eigenvalue weighted by atomic mass is 9.53. The van der Waals surface area contributed by atoms with Gasteiger partial charge in [-0.05, 0) is 0 Å². The van der Waals surface area contributed by atoms with Gasteiger partial charge in [0.25, 0.3) is 0 Å². The summed E-state index contributed by atoms with van der Waals surface area (Å²) in [4.78, 5) is 0. The van der Waals surface area contributed by atoms with Crippen LogP contribution in [0.4, 0.5) is 25.9 Å². The molecule has 0 spiro atoms. The van der Waals surface area contributed by atoms with Gasteiger partial charge in [0.1, 0.15) is 0 Å². The second-order valence-electron chi connectivity index (χ2n) is 2.11. The predicted octanol–water partition coefficient (Wildman–Crippen LogP) is 3.51. The number of halogens is 6. The molecule has 0 nitrogen and oxygen atoms in total. The molecule has 0 radical (unpaired) electrons. The number of hydrogen-bond donors (Lipinski definition) is 0. The van der Waals surface area contributed by atoms with E-state index < -0.39 is 19.7 Å². The Morgan fingerprint density at radius 1 is 0.750 bits per heavy atom. The van der Waals surface area contributed by atoms with Gasteiger partial charge in [-0.3, -0.25) is 0 Å². The first-order valence-corrected chi connectivity index (χ1v) is 2.55. The van der Waals surface area contributed by atoms with E-state index in [1.54, 1.807) is 0 Å². The predicted molar refractivity (Wildman–Crippen MR) is 40.4 cm³/mol. The average Bonchev–Trinajstić information content (AvgIpc) is 1.59. The standard InChI is InChI=1S/C2H4B2F6.2CH3/c1-2(3(5,6)7)4(8,9)10;;/h2H,1H3;2*1H3/q-2;2*+1. The molecule has 0 aromatic heterocycles. The highest BCUT2D eigenvalue weighted by Gasteiger charge is 2.43. The van der Waals surface area contributed by atoms with E-state index >= 15 is 0 Å². The molecule has 0 atom stereocenters. The van der Waals surface area contributed by atoms with Gasteiger partial charge in [-0.2, -0.15) is 0 Å². The molecule has 0 bridgehead atoms. The first kappa shape index (κ1) is 17.5. The Kier molecular flexibility index (Phi) is 6.52.